The van der Waals surface area contributed by atoms with Crippen LogP contribution in [0.2, 0.25) is 0 Å². The van der Waals surface area contributed by atoms with Gasteiger partial charge in [-0.2, -0.15) is 0 Å². The van der Waals surface area contributed by atoms with Gasteiger partial charge in [-0.15, -0.1) is 0 Å². The zero-order valence-electron chi connectivity index (χ0n) is 9.56. The fourth-order valence-corrected chi connectivity index (χ4v) is 2.51. The molecule has 0 aromatic heterocycles. The van der Waals surface area contributed by atoms with Crippen molar-refractivity contribution in [1.29, 1.82) is 0 Å². The van der Waals surface area contributed by atoms with E-state index in [0.717, 1.165) is 18.4 Å². The summed E-state index contributed by atoms with van der Waals surface area (Å²) in [6, 6.07) is 5.45. The first kappa shape index (κ1) is 11.1. The molecule has 1 aliphatic rings. The molecular formula is C12H16N2O2. The molecule has 86 valence electrons. The predicted octanol–water partition coefficient (Wildman–Crippen LogP) is 2.44. The molecule has 1 aromatic carbocycles. The van der Waals surface area contributed by atoms with Crippen molar-refractivity contribution in [2.45, 2.75) is 25.8 Å². The summed E-state index contributed by atoms with van der Waals surface area (Å²) in [7, 11) is 1.91. The monoisotopic (exact) mass is 220 g/mol. The Morgan fingerprint density at radius 2 is 2.25 bits per heavy atom. The van der Waals surface area contributed by atoms with E-state index in [1.165, 1.54) is 5.56 Å². The fraction of sp³-hybridized carbons (Fsp3) is 0.500. The molecule has 1 aliphatic carbocycles. The van der Waals surface area contributed by atoms with Gasteiger partial charge in [-0.25, -0.2) is 0 Å². The number of non-ortho nitro benzene ring substituents is 1. The lowest BCUT2D eigenvalue weighted by atomic mass is 9.80. The maximum Gasteiger partial charge on any atom is 0.269 e. The number of hydrogen-bond donors (Lipinski definition) is 1. The highest BCUT2D eigenvalue weighted by Gasteiger charge is 2.26. The van der Waals surface area contributed by atoms with Crippen LogP contribution in [0.25, 0.3) is 0 Å². The zero-order valence-corrected chi connectivity index (χ0v) is 9.56. The number of fused-ring (bicyclic) bond motifs is 1. The molecule has 0 bridgehead atoms. The highest BCUT2D eigenvalue weighted by molar-refractivity contribution is 5.43. The van der Waals surface area contributed by atoms with E-state index in [2.05, 4.69) is 12.2 Å². The highest BCUT2D eigenvalue weighted by atomic mass is 16.6. The summed E-state index contributed by atoms with van der Waals surface area (Å²) < 4.78 is 0. The molecule has 0 heterocycles. The van der Waals surface area contributed by atoms with E-state index in [1.807, 2.05) is 13.1 Å². The lowest BCUT2D eigenvalue weighted by Gasteiger charge is -2.30. The molecule has 4 heteroatoms. The second kappa shape index (κ2) is 4.22. The summed E-state index contributed by atoms with van der Waals surface area (Å²) in [5.74, 6) is 0.527. The van der Waals surface area contributed by atoms with Crippen LogP contribution in [-0.2, 0) is 6.42 Å². The molecule has 1 N–H and O–H groups in total. The van der Waals surface area contributed by atoms with Crippen LogP contribution in [-0.4, -0.2) is 12.0 Å². The number of rotatable bonds is 2. The van der Waals surface area contributed by atoms with Crippen molar-refractivity contribution in [1.82, 2.24) is 5.32 Å². The second-order valence-corrected chi connectivity index (χ2v) is 4.42. The predicted molar refractivity (Wildman–Crippen MR) is 62.4 cm³/mol. The summed E-state index contributed by atoms with van der Waals surface area (Å²) in [6.45, 7) is 2.18. The Kier molecular flexibility index (Phi) is 2.92. The lowest BCUT2D eigenvalue weighted by molar-refractivity contribution is -0.385. The van der Waals surface area contributed by atoms with Gasteiger partial charge >= 0.3 is 0 Å². The molecule has 0 aliphatic heterocycles. The van der Waals surface area contributed by atoms with Gasteiger partial charge in [0.1, 0.15) is 0 Å². The molecule has 0 radical (unpaired) electrons. The molecular weight excluding hydrogens is 204 g/mol. The van der Waals surface area contributed by atoms with Crippen molar-refractivity contribution < 1.29 is 4.92 Å². The molecule has 0 spiro atoms. The molecule has 1 aromatic rings. The van der Waals surface area contributed by atoms with Crippen LogP contribution in [0.1, 0.15) is 30.5 Å². The molecule has 2 atom stereocenters. The largest absolute Gasteiger partial charge is 0.313 e. The summed E-state index contributed by atoms with van der Waals surface area (Å²) in [6.07, 6.45) is 2.16. The first-order valence-electron chi connectivity index (χ1n) is 5.58. The summed E-state index contributed by atoms with van der Waals surface area (Å²) >= 11 is 0. The first-order valence-corrected chi connectivity index (χ1v) is 5.58. The van der Waals surface area contributed by atoms with Gasteiger partial charge in [-0.3, -0.25) is 10.1 Å². The van der Waals surface area contributed by atoms with Crippen molar-refractivity contribution in [3.8, 4) is 0 Å². The Labute approximate surface area is 94.8 Å². The van der Waals surface area contributed by atoms with Crippen LogP contribution in [0.4, 0.5) is 5.69 Å². The number of nitro groups is 1. The van der Waals surface area contributed by atoms with Crippen molar-refractivity contribution >= 4 is 5.69 Å². The molecule has 0 saturated carbocycles. The average Bonchev–Trinajstić information content (AvgIpc) is 2.28. The number of benzene rings is 1. The van der Waals surface area contributed by atoms with E-state index in [4.69, 9.17) is 0 Å². The molecule has 0 amide bonds. The third kappa shape index (κ3) is 1.80. The van der Waals surface area contributed by atoms with E-state index in [-0.39, 0.29) is 16.7 Å². The third-order valence-corrected chi connectivity index (χ3v) is 3.42. The lowest BCUT2D eigenvalue weighted by Crippen LogP contribution is -2.28. The molecule has 4 nitrogen and oxygen atoms in total. The van der Waals surface area contributed by atoms with E-state index in [9.17, 15) is 10.1 Å². The zero-order chi connectivity index (χ0) is 11.7. The average molecular weight is 220 g/mol. The number of nitrogens with one attached hydrogen (secondary N) is 1. The SMILES string of the molecule is CNC1c2cc([N+](=O)[O-])ccc2CCC1C. The second-order valence-electron chi connectivity index (χ2n) is 4.42. The van der Waals surface area contributed by atoms with Crippen LogP contribution in [0, 0.1) is 16.0 Å². The number of hydrogen-bond acceptors (Lipinski definition) is 3. The minimum Gasteiger partial charge on any atom is -0.313 e. The number of nitrogens with zero attached hydrogens (tertiary/aromatic N) is 1. The van der Waals surface area contributed by atoms with Gasteiger partial charge in [0, 0.05) is 18.2 Å². The Balaban J connectivity index is 2.45. The maximum atomic E-state index is 10.7. The Hall–Kier alpha value is -1.42. The minimum atomic E-state index is -0.327. The van der Waals surface area contributed by atoms with Crippen LogP contribution >= 0.6 is 0 Å². The quantitative estimate of drug-likeness (QED) is 0.615. The van der Waals surface area contributed by atoms with E-state index >= 15 is 0 Å². The van der Waals surface area contributed by atoms with Crippen molar-refractivity contribution in [2.24, 2.45) is 5.92 Å². The molecule has 0 fully saturated rings. The van der Waals surface area contributed by atoms with E-state index in [0.29, 0.717) is 5.92 Å². The van der Waals surface area contributed by atoms with Gasteiger partial charge in [0.15, 0.2) is 0 Å². The van der Waals surface area contributed by atoms with Gasteiger partial charge < -0.3 is 5.32 Å². The maximum absolute atomic E-state index is 10.7. The van der Waals surface area contributed by atoms with E-state index in [1.54, 1.807) is 12.1 Å². The van der Waals surface area contributed by atoms with Gasteiger partial charge in [0.05, 0.1) is 4.92 Å². The minimum absolute atomic E-state index is 0.188. The first-order chi connectivity index (χ1) is 7.63. The molecule has 2 unspecified atom stereocenters. The molecule has 16 heavy (non-hydrogen) atoms. The summed E-state index contributed by atoms with van der Waals surface area (Å²) in [5.41, 5.74) is 2.52. The molecule has 2 rings (SSSR count). The van der Waals surface area contributed by atoms with Gasteiger partial charge in [0.25, 0.3) is 5.69 Å². The molecule has 0 saturated heterocycles. The smallest absolute Gasteiger partial charge is 0.269 e. The van der Waals surface area contributed by atoms with Crippen LogP contribution in [0.3, 0.4) is 0 Å². The highest BCUT2D eigenvalue weighted by Crippen LogP contribution is 2.35. The topological polar surface area (TPSA) is 55.2 Å². The summed E-state index contributed by atoms with van der Waals surface area (Å²) in [5, 5.41) is 14.0. The van der Waals surface area contributed by atoms with Crippen molar-refractivity contribution in [3.05, 3.63) is 39.4 Å². The van der Waals surface area contributed by atoms with Gasteiger partial charge in [-0.05, 0) is 36.9 Å². The third-order valence-electron chi connectivity index (χ3n) is 3.42. The van der Waals surface area contributed by atoms with Crippen LogP contribution < -0.4 is 5.32 Å². The standard InChI is InChI=1S/C12H16N2O2/c1-8-3-4-9-5-6-10(14(15)16)7-11(9)12(8)13-2/h5-8,12-13H,3-4H2,1-2H3. The Morgan fingerprint density at radius 1 is 1.50 bits per heavy atom. The summed E-state index contributed by atoms with van der Waals surface area (Å²) in [4.78, 5) is 10.4. The van der Waals surface area contributed by atoms with Crippen molar-refractivity contribution in [3.63, 3.8) is 0 Å². The van der Waals surface area contributed by atoms with Crippen LogP contribution in [0.5, 0.6) is 0 Å². The Morgan fingerprint density at radius 3 is 2.88 bits per heavy atom. The van der Waals surface area contributed by atoms with E-state index < -0.39 is 0 Å². The Bertz CT molecular complexity index is 417. The number of nitro benzene ring substituents is 1. The fourth-order valence-electron chi connectivity index (χ4n) is 2.51. The van der Waals surface area contributed by atoms with Gasteiger partial charge in [-0.1, -0.05) is 13.0 Å². The van der Waals surface area contributed by atoms with Gasteiger partial charge in [0.2, 0.25) is 0 Å². The van der Waals surface area contributed by atoms with Crippen molar-refractivity contribution in [2.75, 3.05) is 7.05 Å². The number of aryl methyl sites for hydroxylation is 1. The van der Waals surface area contributed by atoms with Crippen LogP contribution in [0.15, 0.2) is 18.2 Å². The normalized spacial score (nSPS) is 23.9.